The molecule has 1 aromatic carbocycles. The van der Waals surface area contributed by atoms with Gasteiger partial charge in [-0.15, -0.1) is 0 Å². The van der Waals surface area contributed by atoms with Gasteiger partial charge in [0.25, 0.3) is 5.91 Å². The largest absolute Gasteiger partial charge is 0.390 e. The number of hydrogen-bond donors (Lipinski definition) is 1. The molecule has 1 amide bonds. The third-order valence-electron chi connectivity index (χ3n) is 4.41. The molecular formula is C18H28N2O2. The van der Waals surface area contributed by atoms with Gasteiger partial charge in [0, 0.05) is 24.7 Å². The third-order valence-corrected chi connectivity index (χ3v) is 4.41. The predicted octanol–water partition coefficient (Wildman–Crippen LogP) is 2.17. The van der Waals surface area contributed by atoms with Crippen molar-refractivity contribution in [3.05, 3.63) is 35.4 Å². The molecule has 4 nitrogen and oxygen atoms in total. The Hall–Kier alpha value is -1.39. The van der Waals surface area contributed by atoms with Crippen molar-refractivity contribution in [2.75, 3.05) is 27.2 Å². The second-order valence-electron chi connectivity index (χ2n) is 7.17. The number of carbonyl (C=O) groups excluding carboxylic acids is 1. The number of carbonyl (C=O) groups is 1. The highest BCUT2D eigenvalue weighted by atomic mass is 16.3. The van der Waals surface area contributed by atoms with E-state index in [-0.39, 0.29) is 5.91 Å². The summed E-state index contributed by atoms with van der Waals surface area (Å²) >= 11 is 0. The minimum atomic E-state index is -0.648. The van der Waals surface area contributed by atoms with Gasteiger partial charge in [-0.3, -0.25) is 4.79 Å². The first-order valence-corrected chi connectivity index (χ1v) is 8.03. The Morgan fingerprint density at radius 3 is 2.45 bits per heavy atom. The lowest BCUT2D eigenvalue weighted by molar-refractivity contribution is 0.0712. The Morgan fingerprint density at radius 1 is 1.32 bits per heavy atom. The Morgan fingerprint density at radius 2 is 1.95 bits per heavy atom. The summed E-state index contributed by atoms with van der Waals surface area (Å²) in [5, 5.41) is 9.77. The van der Waals surface area contributed by atoms with E-state index < -0.39 is 5.60 Å². The van der Waals surface area contributed by atoms with E-state index in [1.165, 1.54) is 0 Å². The Bertz CT molecular complexity index is 503. The molecule has 0 saturated carbocycles. The topological polar surface area (TPSA) is 43.8 Å². The summed E-state index contributed by atoms with van der Waals surface area (Å²) in [5.74, 6) is 0.124. The smallest absolute Gasteiger partial charge is 0.253 e. The molecule has 0 spiro atoms. The van der Waals surface area contributed by atoms with Crippen LogP contribution >= 0.6 is 0 Å². The summed E-state index contributed by atoms with van der Waals surface area (Å²) < 4.78 is 0. The molecule has 2 rings (SSSR count). The van der Waals surface area contributed by atoms with E-state index in [0.717, 1.165) is 43.5 Å². The van der Waals surface area contributed by atoms with Crippen LogP contribution in [0.5, 0.6) is 0 Å². The maximum atomic E-state index is 12.5. The van der Waals surface area contributed by atoms with Gasteiger partial charge in [0.2, 0.25) is 0 Å². The van der Waals surface area contributed by atoms with Crippen molar-refractivity contribution in [3.8, 4) is 0 Å². The van der Waals surface area contributed by atoms with Crippen LogP contribution in [0.4, 0.5) is 0 Å². The second-order valence-corrected chi connectivity index (χ2v) is 7.17. The fourth-order valence-electron chi connectivity index (χ4n) is 2.79. The molecule has 1 aliphatic rings. The summed E-state index contributed by atoms with van der Waals surface area (Å²) in [7, 11) is 4.13. The molecule has 122 valence electrons. The first kappa shape index (κ1) is 17.0. The number of amides is 1. The molecule has 1 aliphatic heterocycles. The van der Waals surface area contributed by atoms with Crippen LogP contribution in [0.25, 0.3) is 0 Å². The van der Waals surface area contributed by atoms with Gasteiger partial charge >= 0.3 is 0 Å². The third kappa shape index (κ3) is 4.55. The molecule has 1 N–H and O–H groups in total. The number of likely N-dealkylation sites (tertiary alicyclic amines) is 1. The molecule has 1 atom stereocenters. The van der Waals surface area contributed by atoms with Gasteiger partial charge in [-0.2, -0.15) is 0 Å². The van der Waals surface area contributed by atoms with Crippen molar-refractivity contribution >= 4 is 5.91 Å². The minimum absolute atomic E-state index is 0.124. The molecule has 0 aromatic heterocycles. The van der Waals surface area contributed by atoms with E-state index in [1.54, 1.807) is 0 Å². The number of hydrogen-bond acceptors (Lipinski definition) is 3. The first-order chi connectivity index (χ1) is 10.3. The Kier molecular flexibility index (Phi) is 5.24. The molecule has 1 saturated heterocycles. The Labute approximate surface area is 133 Å². The van der Waals surface area contributed by atoms with Crippen molar-refractivity contribution < 1.29 is 9.90 Å². The molecule has 1 unspecified atom stereocenters. The Balaban J connectivity index is 1.94. The fourth-order valence-corrected chi connectivity index (χ4v) is 2.79. The van der Waals surface area contributed by atoms with Crippen molar-refractivity contribution in [3.63, 3.8) is 0 Å². The zero-order chi connectivity index (χ0) is 16.3. The van der Waals surface area contributed by atoms with E-state index in [1.807, 2.05) is 43.0 Å². The highest BCUT2D eigenvalue weighted by Crippen LogP contribution is 2.18. The molecular weight excluding hydrogens is 276 g/mol. The summed E-state index contributed by atoms with van der Waals surface area (Å²) in [5.41, 5.74) is 1.27. The molecule has 1 heterocycles. The zero-order valence-electron chi connectivity index (χ0n) is 14.2. The standard InChI is InChI=1S/C18H28N2O2/c1-18(2,22)11-9-14-5-7-15(8-6-14)17(21)20-12-10-16(13-20)19(3)4/h5-8,16,22H,9-13H2,1-4H3. The highest BCUT2D eigenvalue weighted by molar-refractivity contribution is 5.94. The summed E-state index contributed by atoms with van der Waals surface area (Å²) in [6.07, 6.45) is 2.59. The van der Waals surface area contributed by atoms with Crippen molar-refractivity contribution in [1.82, 2.24) is 9.80 Å². The molecule has 1 aromatic rings. The van der Waals surface area contributed by atoms with Crippen LogP contribution < -0.4 is 0 Å². The number of benzene rings is 1. The van der Waals surface area contributed by atoms with E-state index in [9.17, 15) is 9.90 Å². The quantitative estimate of drug-likeness (QED) is 0.906. The molecule has 22 heavy (non-hydrogen) atoms. The monoisotopic (exact) mass is 304 g/mol. The van der Waals surface area contributed by atoms with Gasteiger partial charge in [0.15, 0.2) is 0 Å². The van der Waals surface area contributed by atoms with E-state index in [2.05, 4.69) is 19.0 Å². The van der Waals surface area contributed by atoms with Crippen LogP contribution in [0, 0.1) is 0 Å². The van der Waals surface area contributed by atoms with E-state index in [0.29, 0.717) is 6.04 Å². The number of aryl methyl sites for hydroxylation is 1. The van der Waals surface area contributed by atoms with Gasteiger partial charge in [-0.1, -0.05) is 12.1 Å². The maximum Gasteiger partial charge on any atom is 0.253 e. The molecule has 0 bridgehead atoms. The number of nitrogens with zero attached hydrogens (tertiary/aromatic N) is 2. The van der Waals surface area contributed by atoms with Gasteiger partial charge in [0.1, 0.15) is 0 Å². The summed E-state index contributed by atoms with van der Waals surface area (Å²) in [6.45, 7) is 5.29. The van der Waals surface area contributed by atoms with E-state index >= 15 is 0 Å². The van der Waals surface area contributed by atoms with Crippen LogP contribution in [0.2, 0.25) is 0 Å². The molecule has 1 fully saturated rings. The first-order valence-electron chi connectivity index (χ1n) is 8.03. The summed E-state index contributed by atoms with van der Waals surface area (Å²) in [4.78, 5) is 16.6. The molecule has 0 aliphatic carbocycles. The van der Waals surface area contributed by atoms with Crippen molar-refractivity contribution in [2.45, 2.75) is 44.8 Å². The van der Waals surface area contributed by atoms with Crippen molar-refractivity contribution in [1.29, 1.82) is 0 Å². The normalized spacial score (nSPS) is 19.0. The lowest BCUT2D eigenvalue weighted by Gasteiger charge is -2.20. The molecule has 4 heteroatoms. The van der Waals surface area contributed by atoms with Crippen LogP contribution in [0.1, 0.15) is 42.6 Å². The van der Waals surface area contributed by atoms with E-state index in [4.69, 9.17) is 0 Å². The SMILES string of the molecule is CN(C)C1CCN(C(=O)c2ccc(CCC(C)(C)O)cc2)C1. The highest BCUT2D eigenvalue weighted by Gasteiger charge is 2.27. The number of aliphatic hydroxyl groups is 1. The van der Waals surface area contributed by atoms with Gasteiger partial charge < -0.3 is 14.9 Å². The van der Waals surface area contributed by atoms with Gasteiger partial charge in [-0.05, 0) is 64.9 Å². The average Bonchev–Trinajstić information content (AvgIpc) is 2.94. The lowest BCUT2D eigenvalue weighted by atomic mass is 9.98. The fraction of sp³-hybridized carbons (Fsp3) is 0.611. The van der Waals surface area contributed by atoms with Crippen LogP contribution in [0.3, 0.4) is 0 Å². The number of rotatable bonds is 5. The summed E-state index contributed by atoms with van der Waals surface area (Å²) in [6, 6.07) is 8.28. The van der Waals surface area contributed by atoms with Crippen LogP contribution in [-0.2, 0) is 6.42 Å². The van der Waals surface area contributed by atoms with Crippen molar-refractivity contribution in [2.24, 2.45) is 0 Å². The second kappa shape index (κ2) is 6.80. The lowest BCUT2D eigenvalue weighted by Crippen LogP contribution is -2.34. The van der Waals surface area contributed by atoms with Crippen LogP contribution in [0.15, 0.2) is 24.3 Å². The van der Waals surface area contributed by atoms with Crippen LogP contribution in [-0.4, -0.2) is 59.6 Å². The number of likely N-dealkylation sites (N-methyl/N-ethyl adjacent to an activating group) is 1. The van der Waals surface area contributed by atoms with Gasteiger partial charge in [-0.25, -0.2) is 0 Å². The van der Waals surface area contributed by atoms with Gasteiger partial charge in [0.05, 0.1) is 5.60 Å². The molecule has 0 radical (unpaired) electrons. The minimum Gasteiger partial charge on any atom is -0.390 e. The average molecular weight is 304 g/mol. The predicted molar refractivity (Wildman–Crippen MR) is 89.1 cm³/mol. The zero-order valence-corrected chi connectivity index (χ0v) is 14.2. The maximum absolute atomic E-state index is 12.5.